The second-order valence-electron chi connectivity index (χ2n) is 6.34. The topological polar surface area (TPSA) is 52.6 Å². The first-order chi connectivity index (χ1) is 12.0. The monoisotopic (exact) mass is 396 g/mol. The van der Waals surface area contributed by atoms with Gasteiger partial charge in [0.05, 0.1) is 26.1 Å². The van der Waals surface area contributed by atoms with Crippen LogP contribution in [0.3, 0.4) is 0 Å². The van der Waals surface area contributed by atoms with Crippen LogP contribution in [0, 0.1) is 0 Å². The molecule has 0 amide bonds. The standard InChI is InChI=1S/C19H34Cl2O4/c1-3-16(20)14-18(22)24-12-10-8-6-5-7-9-11-13-25-19(23)15-17(21)4-2/h16-17H,3-15H2,1-2H3. The van der Waals surface area contributed by atoms with Gasteiger partial charge in [-0.05, 0) is 25.7 Å². The maximum absolute atomic E-state index is 11.4. The zero-order valence-corrected chi connectivity index (χ0v) is 17.2. The van der Waals surface area contributed by atoms with E-state index in [1.165, 1.54) is 0 Å². The van der Waals surface area contributed by atoms with Gasteiger partial charge in [0.1, 0.15) is 0 Å². The van der Waals surface area contributed by atoms with E-state index in [4.69, 9.17) is 32.7 Å². The summed E-state index contributed by atoms with van der Waals surface area (Å²) in [5.41, 5.74) is 0. The van der Waals surface area contributed by atoms with Crippen molar-refractivity contribution in [3.8, 4) is 0 Å². The van der Waals surface area contributed by atoms with Crippen LogP contribution < -0.4 is 0 Å². The summed E-state index contributed by atoms with van der Waals surface area (Å²) in [6.45, 7) is 4.88. The minimum absolute atomic E-state index is 0.116. The molecule has 2 atom stereocenters. The lowest BCUT2D eigenvalue weighted by Crippen LogP contribution is -2.11. The number of alkyl halides is 2. The minimum atomic E-state index is -0.198. The maximum Gasteiger partial charge on any atom is 0.307 e. The number of ether oxygens (including phenoxy) is 2. The fourth-order valence-corrected chi connectivity index (χ4v) is 2.48. The van der Waals surface area contributed by atoms with E-state index in [-0.39, 0.29) is 22.7 Å². The van der Waals surface area contributed by atoms with Gasteiger partial charge < -0.3 is 9.47 Å². The highest BCUT2D eigenvalue weighted by Gasteiger charge is 2.10. The Morgan fingerprint density at radius 3 is 1.32 bits per heavy atom. The summed E-state index contributed by atoms with van der Waals surface area (Å²) in [5.74, 6) is -0.397. The smallest absolute Gasteiger partial charge is 0.307 e. The number of halogens is 2. The number of hydrogen-bond acceptors (Lipinski definition) is 4. The van der Waals surface area contributed by atoms with Crippen molar-refractivity contribution in [2.24, 2.45) is 0 Å². The van der Waals surface area contributed by atoms with E-state index in [1.807, 2.05) is 13.8 Å². The lowest BCUT2D eigenvalue weighted by molar-refractivity contribution is -0.144. The van der Waals surface area contributed by atoms with Crippen LogP contribution in [0.4, 0.5) is 0 Å². The number of hydrogen-bond donors (Lipinski definition) is 0. The molecule has 0 aromatic carbocycles. The minimum Gasteiger partial charge on any atom is -0.466 e. The predicted octanol–water partition coefficient (Wildman–Crippen LogP) is 5.62. The van der Waals surface area contributed by atoms with Crippen LogP contribution in [0.15, 0.2) is 0 Å². The van der Waals surface area contributed by atoms with Gasteiger partial charge in [-0.1, -0.05) is 46.0 Å². The average molecular weight is 397 g/mol. The summed E-state index contributed by atoms with van der Waals surface area (Å²) < 4.78 is 10.3. The third kappa shape index (κ3) is 16.7. The van der Waals surface area contributed by atoms with Crippen LogP contribution >= 0.6 is 23.2 Å². The third-order valence-electron chi connectivity index (χ3n) is 3.98. The van der Waals surface area contributed by atoms with E-state index in [0.29, 0.717) is 26.1 Å². The van der Waals surface area contributed by atoms with E-state index < -0.39 is 0 Å². The van der Waals surface area contributed by atoms with Crippen LogP contribution in [-0.4, -0.2) is 35.9 Å². The van der Waals surface area contributed by atoms with E-state index in [9.17, 15) is 9.59 Å². The first kappa shape index (κ1) is 24.5. The van der Waals surface area contributed by atoms with Crippen molar-refractivity contribution in [2.45, 2.75) is 95.2 Å². The van der Waals surface area contributed by atoms with Gasteiger partial charge in [0.15, 0.2) is 0 Å². The summed E-state index contributed by atoms with van der Waals surface area (Å²) in [4.78, 5) is 22.8. The van der Waals surface area contributed by atoms with Gasteiger partial charge in [-0.2, -0.15) is 0 Å². The Bertz CT molecular complexity index is 318. The molecule has 0 rings (SSSR count). The summed E-state index contributed by atoms with van der Waals surface area (Å²) in [7, 11) is 0. The molecule has 25 heavy (non-hydrogen) atoms. The molecule has 0 radical (unpaired) electrons. The van der Waals surface area contributed by atoms with Crippen molar-refractivity contribution < 1.29 is 19.1 Å². The van der Waals surface area contributed by atoms with Crippen molar-refractivity contribution in [1.29, 1.82) is 0 Å². The molecule has 0 aliphatic rings. The number of esters is 2. The van der Waals surface area contributed by atoms with E-state index in [0.717, 1.165) is 57.8 Å². The Labute approximate surface area is 162 Å². The molecule has 6 heteroatoms. The molecule has 0 heterocycles. The van der Waals surface area contributed by atoms with Gasteiger partial charge in [-0.15, -0.1) is 23.2 Å². The molecule has 0 N–H and O–H groups in total. The van der Waals surface area contributed by atoms with Gasteiger partial charge in [-0.3, -0.25) is 9.59 Å². The molecular weight excluding hydrogens is 363 g/mol. The Kier molecular flexibility index (Phi) is 16.6. The third-order valence-corrected chi connectivity index (χ3v) is 4.90. The van der Waals surface area contributed by atoms with Gasteiger partial charge in [0, 0.05) is 10.8 Å². The van der Waals surface area contributed by atoms with Crippen LogP contribution in [0.25, 0.3) is 0 Å². The van der Waals surface area contributed by atoms with Crippen LogP contribution in [0.1, 0.15) is 84.5 Å². The highest BCUT2D eigenvalue weighted by molar-refractivity contribution is 6.21. The first-order valence-corrected chi connectivity index (χ1v) is 10.5. The van der Waals surface area contributed by atoms with E-state index in [2.05, 4.69) is 0 Å². The zero-order chi connectivity index (χ0) is 18.9. The average Bonchev–Trinajstić information content (AvgIpc) is 2.59. The molecule has 148 valence electrons. The molecule has 0 aliphatic carbocycles. The van der Waals surface area contributed by atoms with Crippen LogP contribution in [0.2, 0.25) is 0 Å². The van der Waals surface area contributed by atoms with Gasteiger partial charge in [-0.25, -0.2) is 0 Å². The maximum atomic E-state index is 11.4. The molecule has 0 aromatic heterocycles. The van der Waals surface area contributed by atoms with Crippen molar-refractivity contribution in [2.75, 3.05) is 13.2 Å². The van der Waals surface area contributed by atoms with Gasteiger partial charge in [0.25, 0.3) is 0 Å². The fourth-order valence-electron chi connectivity index (χ4n) is 2.23. The summed E-state index contributed by atoms with van der Waals surface area (Å²) in [6, 6.07) is 0. The SMILES string of the molecule is CCC(Cl)CC(=O)OCCCCCCCCCOC(=O)CC(Cl)CC. The Hall–Kier alpha value is -0.480. The lowest BCUT2D eigenvalue weighted by atomic mass is 10.1. The number of rotatable bonds is 16. The fraction of sp³-hybridized carbons (Fsp3) is 0.895. The van der Waals surface area contributed by atoms with E-state index >= 15 is 0 Å². The molecule has 0 aliphatic heterocycles. The highest BCUT2D eigenvalue weighted by atomic mass is 35.5. The first-order valence-electron chi connectivity index (χ1n) is 9.58. The zero-order valence-electron chi connectivity index (χ0n) is 15.7. The second kappa shape index (κ2) is 17.0. The predicted molar refractivity (Wildman–Crippen MR) is 103 cm³/mol. The number of carbonyl (C=O) groups is 2. The molecule has 0 saturated carbocycles. The normalized spacial score (nSPS) is 13.3. The second-order valence-corrected chi connectivity index (χ2v) is 7.57. The molecule has 2 unspecified atom stereocenters. The molecule has 0 saturated heterocycles. The van der Waals surface area contributed by atoms with Crippen molar-refractivity contribution in [3.63, 3.8) is 0 Å². The molecule has 0 spiro atoms. The molecule has 0 bridgehead atoms. The molecule has 0 fully saturated rings. The van der Waals surface area contributed by atoms with Gasteiger partial charge in [0.2, 0.25) is 0 Å². The molecule has 4 nitrogen and oxygen atoms in total. The summed E-state index contributed by atoms with van der Waals surface area (Å²) >= 11 is 11.8. The van der Waals surface area contributed by atoms with Crippen molar-refractivity contribution in [1.82, 2.24) is 0 Å². The number of carbonyl (C=O) groups excluding carboxylic acids is 2. The van der Waals surface area contributed by atoms with Crippen LogP contribution in [-0.2, 0) is 19.1 Å². The summed E-state index contributed by atoms with van der Waals surface area (Å²) in [6.07, 6.45) is 9.51. The Balaban J connectivity index is 3.29. The highest BCUT2D eigenvalue weighted by Crippen LogP contribution is 2.11. The lowest BCUT2D eigenvalue weighted by Gasteiger charge is -2.08. The van der Waals surface area contributed by atoms with Gasteiger partial charge >= 0.3 is 11.9 Å². The Morgan fingerprint density at radius 1 is 0.680 bits per heavy atom. The summed E-state index contributed by atoms with van der Waals surface area (Å²) in [5, 5.41) is -0.232. The van der Waals surface area contributed by atoms with Crippen molar-refractivity contribution in [3.05, 3.63) is 0 Å². The van der Waals surface area contributed by atoms with Crippen LogP contribution in [0.5, 0.6) is 0 Å². The van der Waals surface area contributed by atoms with Crippen molar-refractivity contribution >= 4 is 35.1 Å². The number of unbranched alkanes of at least 4 members (excludes halogenated alkanes) is 6. The molecule has 0 aromatic rings. The Morgan fingerprint density at radius 2 is 1.00 bits per heavy atom. The largest absolute Gasteiger partial charge is 0.466 e. The quantitative estimate of drug-likeness (QED) is 0.193. The van der Waals surface area contributed by atoms with E-state index in [1.54, 1.807) is 0 Å². The molecular formula is C19H34Cl2O4.